The molecular weight excluding hydrogens is 248 g/mol. The predicted molar refractivity (Wildman–Crippen MR) is 87.1 cm³/mol. The van der Waals surface area contributed by atoms with Crippen molar-refractivity contribution in [3.05, 3.63) is 37.0 Å². The number of rotatable bonds is 10. The van der Waals surface area contributed by atoms with Crippen LogP contribution in [0.3, 0.4) is 0 Å². The van der Waals surface area contributed by atoms with Gasteiger partial charge in [-0.25, -0.2) is 0 Å². The third kappa shape index (κ3) is 7.04. The molecule has 0 bridgehead atoms. The van der Waals surface area contributed by atoms with E-state index in [9.17, 15) is 0 Å². The molecule has 1 saturated heterocycles. The Kier molecular flexibility index (Phi) is 9.29. The number of hydrogen-bond donors (Lipinski definition) is 0. The maximum Gasteiger partial charge on any atom is 0.0593 e. The zero-order valence-corrected chi connectivity index (χ0v) is 13.0. The summed E-state index contributed by atoms with van der Waals surface area (Å²) in [7, 11) is 0. The van der Waals surface area contributed by atoms with E-state index in [0.29, 0.717) is 0 Å². The van der Waals surface area contributed by atoms with Crippen molar-refractivity contribution < 1.29 is 4.74 Å². The Labute approximate surface area is 124 Å². The lowest BCUT2D eigenvalue weighted by molar-refractivity contribution is 0.0806. The molecule has 0 spiro atoms. The summed E-state index contributed by atoms with van der Waals surface area (Å²) in [6.45, 7) is 18.3. The Morgan fingerprint density at radius 3 is 2.30 bits per heavy atom. The van der Waals surface area contributed by atoms with Crippen LogP contribution in [0.5, 0.6) is 0 Å². The van der Waals surface area contributed by atoms with Crippen molar-refractivity contribution in [3.8, 4) is 0 Å². The number of ether oxygens (including phenoxy) is 1. The largest absolute Gasteiger partial charge is 0.380 e. The van der Waals surface area contributed by atoms with E-state index in [1.165, 1.54) is 44.7 Å². The highest BCUT2D eigenvalue weighted by Crippen LogP contribution is 2.09. The second-order valence-corrected chi connectivity index (χ2v) is 5.17. The molecule has 0 aromatic carbocycles. The molecule has 3 nitrogen and oxygen atoms in total. The Morgan fingerprint density at radius 1 is 1.10 bits per heavy atom. The van der Waals surface area contributed by atoms with Gasteiger partial charge in [0.15, 0.2) is 0 Å². The lowest BCUT2D eigenvalue weighted by Crippen LogP contribution is -2.47. The highest BCUT2D eigenvalue weighted by atomic mass is 16.5. The number of hydrogen-bond acceptors (Lipinski definition) is 3. The average Bonchev–Trinajstić information content (AvgIpc) is 2.48. The van der Waals surface area contributed by atoms with Crippen molar-refractivity contribution in [3.63, 3.8) is 0 Å². The number of allylic oxidation sites excluding steroid dienone is 4. The van der Waals surface area contributed by atoms with Gasteiger partial charge in [-0.05, 0) is 31.9 Å². The minimum atomic E-state index is 0.823. The number of nitrogens with zero attached hydrogens (tertiary/aromatic N) is 2. The summed E-state index contributed by atoms with van der Waals surface area (Å²) < 4.78 is 5.41. The smallest absolute Gasteiger partial charge is 0.0593 e. The quantitative estimate of drug-likeness (QED) is 0.451. The maximum absolute atomic E-state index is 5.41. The van der Waals surface area contributed by atoms with Crippen LogP contribution in [0.2, 0.25) is 0 Å². The minimum absolute atomic E-state index is 0.823. The third-order valence-corrected chi connectivity index (χ3v) is 3.75. The van der Waals surface area contributed by atoms with Gasteiger partial charge >= 0.3 is 0 Å². The lowest BCUT2D eigenvalue weighted by atomic mass is 10.1. The fourth-order valence-electron chi connectivity index (χ4n) is 2.49. The summed E-state index contributed by atoms with van der Waals surface area (Å²) in [5.41, 5.74) is 1.29. The molecule has 1 aliphatic heterocycles. The SMILES string of the molecule is C=C/C=C(\C=C)CCCN1CCN(CCOCC)CC1. The summed E-state index contributed by atoms with van der Waals surface area (Å²) >= 11 is 0. The molecule has 1 rings (SSSR count). The van der Waals surface area contributed by atoms with Crippen LogP contribution in [0.1, 0.15) is 19.8 Å². The molecule has 0 aliphatic carbocycles. The van der Waals surface area contributed by atoms with Crippen LogP contribution >= 0.6 is 0 Å². The highest BCUT2D eigenvalue weighted by molar-refractivity contribution is 5.20. The van der Waals surface area contributed by atoms with Crippen LogP contribution < -0.4 is 0 Å². The van der Waals surface area contributed by atoms with E-state index in [0.717, 1.165) is 26.2 Å². The van der Waals surface area contributed by atoms with Gasteiger partial charge < -0.3 is 9.64 Å². The minimum Gasteiger partial charge on any atom is -0.380 e. The molecule has 1 fully saturated rings. The van der Waals surface area contributed by atoms with Crippen molar-refractivity contribution in [2.75, 3.05) is 52.5 Å². The van der Waals surface area contributed by atoms with Gasteiger partial charge in [0.2, 0.25) is 0 Å². The molecule has 0 radical (unpaired) electrons. The van der Waals surface area contributed by atoms with E-state index in [-0.39, 0.29) is 0 Å². The maximum atomic E-state index is 5.41. The Bertz CT molecular complexity index is 304. The lowest BCUT2D eigenvalue weighted by Gasteiger charge is -2.34. The molecule has 0 aromatic heterocycles. The monoisotopic (exact) mass is 278 g/mol. The predicted octanol–water partition coefficient (Wildman–Crippen LogP) is 2.72. The van der Waals surface area contributed by atoms with Gasteiger partial charge in [-0.3, -0.25) is 4.90 Å². The zero-order chi connectivity index (χ0) is 14.6. The van der Waals surface area contributed by atoms with Crippen LogP contribution in [0.25, 0.3) is 0 Å². The molecule has 0 N–H and O–H groups in total. The Morgan fingerprint density at radius 2 is 1.75 bits per heavy atom. The first kappa shape index (κ1) is 17.2. The van der Waals surface area contributed by atoms with E-state index in [1.54, 1.807) is 0 Å². The van der Waals surface area contributed by atoms with Gasteiger partial charge in [0.1, 0.15) is 0 Å². The van der Waals surface area contributed by atoms with E-state index in [1.807, 2.05) is 12.2 Å². The van der Waals surface area contributed by atoms with Crippen molar-refractivity contribution in [2.45, 2.75) is 19.8 Å². The molecule has 0 aromatic rings. The van der Waals surface area contributed by atoms with Crippen LogP contribution in [0.15, 0.2) is 37.0 Å². The molecule has 0 saturated carbocycles. The first-order chi connectivity index (χ1) is 9.80. The van der Waals surface area contributed by atoms with Crippen molar-refractivity contribution in [1.29, 1.82) is 0 Å². The van der Waals surface area contributed by atoms with Gasteiger partial charge in [0.25, 0.3) is 0 Å². The molecule has 114 valence electrons. The molecule has 0 unspecified atom stereocenters. The first-order valence-electron chi connectivity index (χ1n) is 7.76. The second kappa shape index (κ2) is 10.8. The van der Waals surface area contributed by atoms with Crippen LogP contribution in [-0.4, -0.2) is 62.3 Å². The normalized spacial score (nSPS) is 18.1. The van der Waals surface area contributed by atoms with E-state index in [4.69, 9.17) is 4.74 Å². The summed E-state index contributed by atoms with van der Waals surface area (Å²) in [5, 5.41) is 0. The average molecular weight is 278 g/mol. The number of piperazine rings is 1. The van der Waals surface area contributed by atoms with Crippen molar-refractivity contribution in [2.24, 2.45) is 0 Å². The Hall–Kier alpha value is -0.900. The molecule has 3 heteroatoms. The Balaban J connectivity index is 2.11. The molecule has 0 atom stereocenters. The fourth-order valence-corrected chi connectivity index (χ4v) is 2.49. The van der Waals surface area contributed by atoms with Gasteiger partial charge in [-0.15, -0.1) is 0 Å². The fraction of sp³-hybridized carbons (Fsp3) is 0.647. The summed E-state index contributed by atoms with van der Waals surface area (Å²) in [6, 6.07) is 0. The van der Waals surface area contributed by atoms with Gasteiger partial charge in [-0.1, -0.05) is 31.4 Å². The van der Waals surface area contributed by atoms with Gasteiger partial charge in [0.05, 0.1) is 6.61 Å². The summed E-state index contributed by atoms with van der Waals surface area (Å²) in [5.74, 6) is 0. The van der Waals surface area contributed by atoms with E-state index in [2.05, 4.69) is 36.0 Å². The van der Waals surface area contributed by atoms with Crippen molar-refractivity contribution >= 4 is 0 Å². The molecule has 0 amide bonds. The van der Waals surface area contributed by atoms with E-state index >= 15 is 0 Å². The first-order valence-corrected chi connectivity index (χ1v) is 7.76. The molecule has 1 aliphatic rings. The van der Waals surface area contributed by atoms with Crippen molar-refractivity contribution in [1.82, 2.24) is 9.80 Å². The second-order valence-electron chi connectivity index (χ2n) is 5.17. The summed E-state index contributed by atoms with van der Waals surface area (Å²) in [4.78, 5) is 5.06. The van der Waals surface area contributed by atoms with E-state index < -0.39 is 0 Å². The van der Waals surface area contributed by atoms with Gasteiger partial charge in [0, 0.05) is 39.3 Å². The van der Waals surface area contributed by atoms with Crippen LogP contribution in [-0.2, 0) is 4.74 Å². The van der Waals surface area contributed by atoms with Crippen LogP contribution in [0, 0.1) is 0 Å². The van der Waals surface area contributed by atoms with Crippen LogP contribution in [0.4, 0.5) is 0 Å². The standard InChI is InChI=1S/C17H30N2O/c1-4-8-17(5-2)9-7-10-18-11-13-19(14-12-18)15-16-20-6-3/h4-5,8H,1-2,6-7,9-16H2,3H3/b17-8+. The molecule has 20 heavy (non-hydrogen) atoms. The topological polar surface area (TPSA) is 15.7 Å². The molecular formula is C17H30N2O. The highest BCUT2D eigenvalue weighted by Gasteiger charge is 2.15. The third-order valence-electron chi connectivity index (χ3n) is 3.75. The molecule has 1 heterocycles. The zero-order valence-electron chi connectivity index (χ0n) is 13.0. The van der Waals surface area contributed by atoms with Gasteiger partial charge in [-0.2, -0.15) is 0 Å². The summed E-state index contributed by atoms with van der Waals surface area (Å²) in [6.07, 6.45) is 8.13.